The van der Waals surface area contributed by atoms with E-state index in [9.17, 15) is 4.39 Å². The molecule has 94 valence electrons. The number of halogens is 1. The predicted molar refractivity (Wildman–Crippen MR) is 77.1 cm³/mol. The lowest BCUT2D eigenvalue weighted by Crippen LogP contribution is -1.91. The second kappa shape index (κ2) is 6.10. The fourth-order valence-corrected chi connectivity index (χ4v) is 1.39. The van der Waals surface area contributed by atoms with Crippen molar-refractivity contribution < 1.29 is 4.39 Å². The van der Waals surface area contributed by atoms with Crippen LogP contribution in [0.5, 0.6) is 0 Å². The van der Waals surface area contributed by atoms with E-state index in [0.29, 0.717) is 0 Å². The molecule has 0 saturated heterocycles. The Morgan fingerprint density at radius 1 is 1.11 bits per heavy atom. The Labute approximate surface area is 108 Å². The van der Waals surface area contributed by atoms with Gasteiger partial charge in [0.15, 0.2) is 0 Å². The van der Waals surface area contributed by atoms with Gasteiger partial charge in [0.2, 0.25) is 0 Å². The molecule has 1 aromatic carbocycles. The van der Waals surface area contributed by atoms with E-state index in [1.54, 1.807) is 12.1 Å². The van der Waals surface area contributed by atoms with Crippen molar-refractivity contribution in [3.05, 3.63) is 66.2 Å². The molecule has 0 heterocycles. The maximum absolute atomic E-state index is 12.8. The zero-order valence-corrected chi connectivity index (χ0v) is 11.1. The summed E-state index contributed by atoms with van der Waals surface area (Å²) in [4.78, 5) is 4.40. The Morgan fingerprint density at radius 2 is 1.67 bits per heavy atom. The Balaban J connectivity index is 2.89. The molecule has 0 amide bonds. The summed E-state index contributed by atoms with van der Waals surface area (Å²) in [6, 6.07) is 6.26. The maximum Gasteiger partial charge on any atom is 0.123 e. The summed E-state index contributed by atoms with van der Waals surface area (Å²) in [6.45, 7) is 13.5. The Kier molecular flexibility index (Phi) is 4.78. The van der Waals surface area contributed by atoms with E-state index >= 15 is 0 Å². The van der Waals surface area contributed by atoms with Crippen LogP contribution in [-0.2, 0) is 0 Å². The van der Waals surface area contributed by atoms with Gasteiger partial charge in [0, 0.05) is 11.4 Å². The third kappa shape index (κ3) is 4.13. The molecule has 0 fully saturated rings. The molecule has 0 N–H and O–H groups in total. The van der Waals surface area contributed by atoms with Crippen LogP contribution in [0.4, 0.5) is 4.39 Å². The van der Waals surface area contributed by atoms with E-state index in [0.717, 1.165) is 28.1 Å². The van der Waals surface area contributed by atoms with Crippen LogP contribution in [0.15, 0.2) is 59.8 Å². The average Bonchev–Trinajstić information content (AvgIpc) is 2.29. The highest BCUT2D eigenvalue weighted by molar-refractivity contribution is 5.97. The molecule has 0 saturated carbocycles. The van der Waals surface area contributed by atoms with Gasteiger partial charge in [0.05, 0.1) is 0 Å². The normalized spacial score (nSPS) is 12.4. The molecule has 0 aromatic heterocycles. The number of benzene rings is 1. The SMILES string of the molecule is C=C(C)/C(C)=N\C(C)=C/C(=C)c1ccc(F)cc1. The highest BCUT2D eigenvalue weighted by Crippen LogP contribution is 2.16. The first-order valence-electron chi connectivity index (χ1n) is 5.74. The maximum atomic E-state index is 12.8. The molecule has 0 bridgehead atoms. The minimum Gasteiger partial charge on any atom is -0.258 e. The lowest BCUT2D eigenvalue weighted by Gasteiger charge is -2.03. The van der Waals surface area contributed by atoms with Crippen LogP contribution in [0.2, 0.25) is 0 Å². The van der Waals surface area contributed by atoms with E-state index in [-0.39, 0.29) is 5.82 Å². The van der Waals surface area contributed by atoms with Crippen molar-refractivity contribution in [1.29, 1.82) is 0 Å². The molecule has 0 radical (unpaired) electrons. The summed E-state index contributed by atoms with van der Waals surface area (Å²) in [5.74, 6) is -0.247. The number of rotatable bonds is 4. The number of hydrogen-bond acceptors (Lipinski definition) is 1. The molecule has 1 rings (SSSR count). The summed E-state index contributed by atoms with van der Waals surface area (Å²) in [5, 5.41) is 0. The summed E-state index contributed by atoms with van der Waals surface area (Å²) in [6.07, 6.45) is 1.87. The van der Waals surface area contributed by atoms with E-state index in [1.165, 1.54) is 12.1 Å². The third-order valence-corrected chi connectivity index (χ3v) is 2.56. The molecule has 0 aliphatic heterocycles. The fraction of sp³-hybridized carbons (Fsp3) is 0.188. The minimum absolute atomic E-state index is 0.247. The Morgan fingerprint density at radius 3 is 2.17 bits per heavy atom. The van der Waals surface area contributed by atoms with Gasteiger partial charge >= 0.3 is 0 Å². The monoisotopic (exact) mass is 243 g/mol. The molecule has 2 heteroatoms. The van der Waals surface area contributed by atoms with E-state index < -0.39 is 0 Å². The van der Waals surface area contributed by atoms with Crippen molar-refractivity contribution in [1.82, 2.24) is 0 Å². The zero-order chi connectivity index (χ0) is 13.7. The highest BCUT2D eigenvalue weighted by Gasteiger charge is 1.98. The van der Waals surface area contributed by atoms with Gasteiger partial charge in [-0.15, -0.1) is 0 Å². The van der Waals surface area contributed by atoms with E-state index in [2.05, 4.69) is 18.2 Å². The van der Waals surface area contributed by atoms with Crippen LogP contribution in [0.25, 0.3) is 5.57 Å². The molecule has 1 nitrogen and oxygen atoms in total. The van der Waals surface area contributed by atoms with Crippen molar-refractivity contribution >= 4 is 11.3 Å². The first-order chi connectivity index (χ1) is 8.40. The minimum atomic E-state index is -0.247. The van der Waals surface area contributed by atoms with Gasteiger partial charge in [0.1, 0.15) is 5.82 Å². The Bertz CT molecular complexity index is 519. The van der Waals surface area contributed by atoms with Crippen LogP contribution in [0.3, 0.4) is 0 Å². The summed E-state index contributed by atoms with van der Waals surface area (Å²) in [5.41, 5.74) is 4.39. The predicted octanol–water partition coefficient (Wildman–Crippen LogP) is 4.78. The van der Waals surface area contributed by atoms with Gasteiger partial charge < -0.3 is 0 Å². The van der Waals surface area contributed by atoms with Crippen molar-refractivity contribution in [2.75, 3.05) is 0 Å². The molecule has 18 heavy (non-hydrogen) atoms. The van der Waals surface area contributed by atoms with Gasteiger partial charge in [-0.05, 0) is 55.7 Å². The Hall–Kier alpha value is -1.96. The van der Waals surface area contributed by atoms with Crippen LogP contribution < -0.4 is 0 Å². The van der Waals surface area contributed by atoms with E-state index in [4.69, 9.17) is 0 Å². The van der Waals surface area contributed by atoms with Gasteiger partial charge in [-0.3, -0.25) is 4.99 Å². The lowest BCUT2D eigenvalue weighted by molar-refractivity contribution is 0.627. The molecule has 0 aliphatic carbocycles. The second-order valence-corrected chi connectivity index (χ2v) is 4.30. The topological polar surface area (TPSA) is 12.4 Å². The second-order valence-electron chi connectivity index (χ2n) is 4.30. The van der Waals surface area contributed by atoms with Gasteiger partial charge in [-0.1, -0.05) is 25.3 Å². The molecule has 1 aromatic rings. The number of hydrogen-bond donors (Lipinski definition) is 0. The van der Waals surface area contributed by atoms with Crippen LogP contribution >= 0.6 is 0 Å². The molecule has 0 atom stereocenters. The van der Waals surface area contributed by atoms with Crippen molar-refractivity contribution in [3.8, 4) is 0 Å². The van der Waals surface area contributed by atoms with Crippen molar-refractivity contribution in [3.63, 3.8) is 0 Å². The first-order valence-corrected chi connectivity index (χ1v) is 5.74. The van der Waals surface area contributed by atoms with Crippen molar-refractivity contribution in [2.45, 2.75) is 20.8 Å². The number of aliphatic imine (C=N–C) groups is 1. The lowest BCUT2D eigenvalue weighted by atomic mass is 10.1. The zero-order valence-electron chi connectivity index (χ0n) is 11.1. The van der Waals surface area contributed by atoms with Gasteiger partial charge in [-0.25, -0.2) is 4.39 Å². The van der Waals surface area contributed by atoms with Crippen LogP contribution in [0.1, 0.15) is 26.3 Å². The highest BCUT2D eigenvalue weighted by atomic mass is 19.1. The first kappa shape index (κ1) is 14.1. The van der Waals surface area contributed by atoms with Gasteiger partial charge in [-0.2, -0.15) is 0 Å². The van der Waals surface area contributed by atoms with Crippen LogP contribution in [0, 0.1) is 5.82 Å². The largest absolute Gasteiger partial charge is 0.258 e. The van der Waals surface area contributed by atoms with E-state index in [1.807, 2.05) is 26.8 Å². The molecular weight excluding hydrogens is 225 g/mol. The average molecular weight is 243 g/mol. The summed E-state index contributed by atoms with van der Waals surface area (Å²) >= 11 is 0. The number of nitrogens with zero attached hydrogens (tertiary/aromatic N) is 1. The fourth-order valence-electron chi connectivity index (χ4n) is 1.39. The summed E-state index contributed by atoms with van der Waals surface area (Å²) in [7, 11) is 0. The molecule has 0 unspecified atom stereocenters. The molecule has 0 spiro atoms. The van der Waals surface area contributed by atoms with Gasteiger partial charge in [0.25, 0.3) is 0 Å². The third-order valence-electron chi connectivity index (χ3n) is 2.56. The molecular formula is C16H18FN. The smallest absolute Gasteiger partial charge is 0.123 e. The van der Waals surface area contributed by atoms with Crippen LogP contribution in [-0.4, -0.2) is 5.71 Å². The molecule has 0 aliphatic rings. The number of allylic oxidation sites excluding steroid dienone is 4. The quantitative estimate of drug-likeness (QED) is 0.533. The summed E-state index contributed by atoms with van der Waals surface area (Å²) < 4.78 is 12.8. The van der Waals surface area contributed by atoms with Crippen molar-refractivity contribution in [2.24, 2.45) is 4.99 Å². The standard InChI is InChI=1S/C16H18FN/c1-11(2)14(5)18-13(4)10-12(3)15-6-8-16(17)9-7-15/h6-10H,1,3H2,2,4-5H3/b13-10-,18-14-.